The van der Waals surface area contributed by atoms with E-state index in [4.69, 9.17) is 4.74 Å². The molecule has 0 saturated carbocycles. The van der Waals surface area contributed by atoms with Crippen LogP contribution in [0.1, 0.15) is 19.8 Å². The number of carboxylic acids is 1. The second-order valence-corrected chi connectivity index (χ2v) is 4.51. The lowest BCUT2D eigenvalue weighted by Gasteiger charge is -2.37. The fourth-order valence-electron chi connectivity index (χ4n) is 2.25. The van der Waals surface area contributed by atoms with E-state index in [1.807, 2.05) is 37.3 Å². The van der Waals surface area contributed by atoms with Crippen molar-refractivity contribution in [1.82, 2.24) is 0 Å². The highest BCUT2D eigenvalue weighted by atomic mass is 16.5. The number of benzene rings is 1. The molecule has 1 aliphatic rings. The van der Waals surface area contributed by atoms with Crippen LogP contribution in [0.15, 0.2) is 30.3 Å². The molecule has 1 heterocycles. The number of anilines is 1. The van der Waals surface area contributed by atoms with Gasteiger partial charge in [-0.1, -0.05) is 18.2 Å². The van der Waals surface area contributed by atoms with Crippen LogP contribution in [-0.2, 0) is 9.53 Å². The maximum atomic E-state index is 11.5. The van der Waals surface area contributed by atoms with Crippen LogP contribution < -0.4 is 5.32 Å². The SMILES string of the molecule is CC1CC(Nc2ccccc2)(C(=O)O)CCO1. The molecule has 2 atom stereocenters. The molecule has 0 radical (unpaired) electrons. The van der Waals surface area contributed by atoms with E-state index in [9.17, 15) is 9.90 Å². The van der Waals surface area contributed by atoms with Crippen molar-refractivity contribution in [2.75, 3.05) is 11.9 Å². The van der Waals surface area contributed by atoms with Crippen molar-refractivity contribution in [2.24, 2.45) is 0 Å². The molecule has 0 spiro atoms. The number of carboxylic acid groups (broad SMARTS) is 1. The van der Waals surface area contributed by atoms with Gasteiger partial charge in [0.05, 0.1) is 6.10 Å². The first-order valence-electron chi connectivity index (χ1n) is 5.81. The maximum absolute atomic E-state index is 11.5. The van der Waals surface area contributed by atoms with E-state index in [0.29, 0.717) is 19.4 Å². The van der Waals surface area contributed by atoms with Crippen LogP contribution >= 0.6 is 0 Å². The third kappa shape index (κ3) is 2.58. The molecule has 2 N–H and O–H groups in total. The van der Waals surface area contributed by atoms with Gasteiger partial charge in [-0.2, -0.15) is 0 Å². The molecule has 1 aromatic rings. The van der Waals surface area contributed by atoms with E-state index in [2.05, 4.69) is 5.32 Å². The van der Waals surface area contributed by atoms with Crippen molar-refractivity contribution in [3.63, 3.8) is 0 Å². The fraction of sp³-hybridized carbons (Fsp3) is 0.462. The summed E-state index contributed by atoms with van der Waals surface area (Å²) < 4.78 is 5.42. The van der Waals surface area contributed by atoms with Crippen LogP contribution in [0.3, 0.4) is 0 Å². The number of aliphatic carboxylic acids is 1. The monoisotopic (exact) mass is 235 g/mol. The summed E-state index contributed by atoms with van der Waals surface area (Å²) in [6.07, 6.45) is 0.940. The molecule has 2 rings (SSSR count). The van der Waals surface area contributed by atoms with E-state index >= 15 is 0 Å². The van der Waals surface area contributed by atoms with Crippen LogP contribution in [0.5, 0.6) is 0 Å². The number of nitrogens with one attached hydrogen (secondary N) is 1. The average molecular weight is 235 g/mol. The Morgan fingerprint density at radius 2 is 2.18 bits per heavy atom. The zero-order chi connectivity index (χ0) is 12.3. The zero-order valence-corrected chi connectivity index (χ0v) is 9.85. The number of hydrogen-bond donors (Lipinski definition) is 2. The summed E-state index contributed by atoms with van der Waals surface area (Å²) in [6, 6.07) is 9.45. The molecule has 17 heavy (non-hydrogen) atoms. The molecule has 0 aliphatic carbocycles. The molecule has 0 bridgehead atoms. The third-order valence-corrected chi connectivity index (χ3v) is 3.13. The summed E-state index contributed by atoms with van der Waals surface area (Å²) in [5, 5.41) is 12.6. The Hall–Kier alpha value is -1.55. The molecular formula is C13H17NO3. The van der Waals surface area contributed by atoms with Crippen molar-refractivity contribution in [1.29, 1.82) is 0 Å². The maximum Gasteiger partial charge on any atom is 0.329 e. The van der Waals surface area contributed by atoms with Crippen molar-refractivity contribution >= 4 is 11.7 Å². The topological polar surface area (TPSA) is 58.6 Å². The Bertz CT molecular complexity index is 393. The van der Waals surface area contributed by atoms with Crippen molar-refractivity contribution in [2.45, 2.75) is 31.4 Å². The second-order valence-electron chi connectivity index (χ2n) is 4.51. The summed E-state index contributed by atoms with van der Waals surface area (Å²) in [4.78, 5) is 11.5. The predicted molar refractivity (Wildman–Crippen MR) is 65.1 cm³/mol. The fourth-order valence-corrected chi connectivity index (χ4v) is 2.25. The largest absolute Gasteiger partial charge is 0.480 e. The number of para-hydroxylation sites is 1. The number of hydrogen-bond acceptors (Lipinski definition) is 3. The Morgan fingerprint density at radius 3 is 2.76 bits per heavy atom. The van der Waals surface area contributed by atoms with Crippen molar-refractivity contribution in [3.05, 3.63) is 30.3 Å². The highest BCUT2D eigenvalue weighted by Crippen LogP contribution is 2.29. The van der Waals surface area contributed by atoms with Crippen LogP contribution in [0.25, 0.3) is 0 Å². The minimum atomic E-state index is -0.904. The molecule has 0 amide bonds. The highest BCUT2D eigenvalue weighted by molar-refractivity contribution is 5.83. The minimum absolute atomic E-state index is 0.0314. The Kier molecular flexibility index (Phi) is 3.33. The summed E-state index contributed by atoms with van der Waals surface area (Å²) >= 11 is 0. The van der Waals surface area contributed by atoms with Gasteiger partial charge in [-0.15, -0.1) is 0 Å². The van der Waals surface area contributed by atoms with Gasteiger partial charge in [-0.25, -0.2) is 4.79 Å². The number of ether oxygens (including phenoxy) is 1. The lowest BCUT2D eigenvalue weighted by atomic mass is 9.86. The number of rotatable bonds is 3. The van der Waals surface area contributed by atoms with Crippen LogP contribution in [0, 0.1) is 0 Å². The molecule has 4 nitrogen and oxygen atoms in total. The lowest BCUT2D eigenvalue weighted by molar-refractivity contribution is -0.147. The van der Waals surface area contributed by atoms with Gasteiger partial charge < -0.3 is 15.2 Å². The van der Waals surface area contributed by atoms with Gasteiger partial charge in [0.25, 0.3) is 0 Å². The van der Waals surface area contributed by atoms with Gasteiger partial charge in [0.15, 0.2) is 0 Å². The zero-order valence-electron chi connectivity index (χ0n) is 9.85. The summed E-state index contributed by atoms with van der Waals surface area (Å²) in [5.74, 6) is -0.809. The van der Waals surface area contributed by atoms with E-state index in [-0.39, 0.29) is 6.10 Å². The van der Waals surface area contributed by atoms with Gasteiger partial charge in [-0.05, 0) is 19.1 Å². The normalized spacial score (nSPS) is 28.6. The molecule has 1 saturated heterocycles. The van der Waals surface area contributed by atoms with Gasteiger partial charge in [0, 0.05) is 25.1 Å². The molecular weight excluding hydrogens is 218 g/mol. The van der Waals surface area contributed by atoms with Crippen molar-refractivity contribution < 1.29 is 14.6 Å². The smallest absolute Gasteiger partial charge is 0.329 e. The van der Waals surface area contributed by atoms with Crippen molar-refractivity contribution in [3.8, 4) is 0 Å². The Morgan fingerprint density at radius 1 is 1.47 bits per heavy atom. The molecule has 1 fully saturated rings. The van der Waals surface area contributed by atoms with Crippen LogP contribution in [-0.4, -0.2) is 29.3 Å². The molecule has 1 aliphatic heterocycles. The van der Waals surface area contributed by atoms with E-state index in [1.54, 1.807) is 0 Å². The predicted octanol–water partition coefficient (Wildman–Crippen LogP) is 2.12. The Labute approximate surface area is 101 Å². The summed E-state index contributed by atoms with van der Waals surface area (Å²) in [7, 11) is 0. The standard InChI is InChI=1S/C13H17NO3/c1-10-9-13(12(15)16,7-8-17-10)14-11-5-3-2-4-6-11/h2-6,10,14H,7-9H2,1H3,(H,15,16). The molecule has 0 aromatic heterocycles. The lowest BCUT2D eigenvalue weighted by Crippen LogP contribution is -2.52. The second kappa shape index (κ2) is 4.75. The van der Waals surface area contributed by atoms with Gasteiger partial charge >= 0.3 is 5.97 Å². The van der Waals surface area contributed by atoms with Gasteiger partial charge in [-0.3, -0.25) is 0 Å². The average Bonchev–Trinajstić information content (AvgIpc) is 2.30. The molecule has 2 unspecified atom stereocenters. The van der Waals surface area contributed by atoms with E-state index in [0.717, 1.165) is 5.69 Å². The van der Waals surface area contributed by atoms with E-state index in [1.165, 1.54) is 0 Å². The highest BCUT2D eigenvalue weighted by Gasteiger charge is 2.42. The van der Waals surface area contributed by atoms with Crippen LogP contribution in [0.2, 0.25) is 0 Å². The first-order chi connectivity index (χ1) is 8.12. The molecule has 4 heteroatoms. The first kappa shape index (κ1) is 11.9. The van der Waals surface area contributed by atoms with Gasteiger partial charge in [0.1, 0.15) is 5.54 Å². The summed E-state index contributed by atoms with van der Waals surface area (Å²) in [6.45, 7) is 2.39. The molecule has 1 aromatic carbocycles. The number of carbonyl (C=O) groups is 1. The first-order valence-corrected chi connectivity index (χ1v) is 5.81. The summed E-state index contributed by atoms with van der Waals surface area (Å²) in [5.41, 5.74) is -0.0667. The third-order valence-electron chi connectivity index (χ3n) is 3.13. The van der Waals surface area contributed by atoms with Crippen LogP contribution in [0.4, 0.5) is 5.69 Å². The minimum Gasteiger partial charge on any atom is -0.480 e. The molecule has 92 valence electrons. The van der Waals surface area contributed by atoms with E-state index < -0.39 is 11.5 Å². The quantitative estimate of drug-likeness (QED) is 0.842. The Balaban J connectivity index is 2.20. The van der Waals surface area contributed by atoms with Gasteiger partial charge in [0.2, 0.25) is 0 Å².